The SMILES string of the molecule is CCCC/C=C\CCCCCCCC(=O)OC(COC(=O)CCCCCCCCCCCCCCC)COP(=O)(O)OCC(O)COP(=O)(O)OCC(O)COC(=O)CCCCCCC/C=C\C/C=C\CCCCC. The first-order valence-corrected chi connectivity index (χ1v) is 32.3. The standard InChI is InChI=1S/C57H106O16P2/c1-4-7-10-13-16-19-22-24-25-27-30-31-34-37-40-43-55(60)67-46-52(58)47-69-74(63,64)70-48-53(59)49-71-75(65,66)72-51-54(73-57(62)45-42-39-36-33-28-21-18-15-12-9-6-3)50-68-56(61)44-41-38-35-32-29-26-23-20-17-14-11-8-5-2/h15-16,18-19,24-25,52-54,58-59H,4-14,17,20-23,26-51H2,1-3H3,(H,63,64)(H,65,66)/b18-15-,19-16-,25-24-. The van der Waals surface area contributed by atoms with Crippen LogP contribution in [0.25, 0.3) is 0 Å². The van der Waals surface area contributed by atoms with E-state index in [9.17, 15) is 43.5 Å². The van der Waals surface area contributed by atoms with Gasteiger partial charge >= 0.3 is 33.6 Å². The Balaban J connectivity index is 4.65. The van der Waals surface area contributed by atoms with Crippen LogP contribution in [0.5, 0.6) is 0 Å². The van der Waals surface area contributed by atoms with Gasteiger partial charge in [-0.2, -0.15) is 0 Å². The maximum absolute atomic E-state index is 12.8. The lowest BCUT2D eigenvalue weighted by Crippen LogP contribution is -2.30. The Bertz CT molecular complexity index is 1540. The molecule has 0 aromatic rings. The van der Waals surface area contributed by atoms with Crippen LogP contribution in [-0.2, 0) is 55.8 Å². The summed E-state index contributed by atoms with van der Waals surface area (Å²) in [4.78, 5) is 57.9. The highest BCUT2D eigenvalue weighted by Gasteiger charge is 2.29. The first-order valence-electron chi connectivity index (χ1n) is 29.3. The molecule has 0 rings (SSSR count). The third kappa shape index (κ3) is 53.6. The molecule has 0 saturated carbocycles. The Kier molecular flexibility index (Phi) is 50.9. The minimum atomic E-state index is -4.91. The van der Waals surface area contributed by atoms with Gasteiger partial charge in [-0.3, -0.25) is 32.5 Å². The molecule has 0 aliphatic carbocycles. The fourth-order valence-corrected chi connectivity index (χ4v) is 9.34. The van der Waals surface area contributed by atoms with Crippen LogP contribution in [0.3, 0.4) is 0 Å². The van der Waals surface area contributed by atoms with Crippen molar-refractivity contribution >= 4 is 33.6 Å². The van der Waals surface area contributed by atoms with Gasteiger partial charge < -0.3 is 34.2 Å². The maximum Gasteiger partial charge on any atom is 0.472 e. The molecule has 0 bridgehead atoms. The highest BCUT2D eigenvalue weighted by Crippen LogP contribution is 2.45. The predicted molar refractivity (Wildman–Crippen MR) is 298 cm³/mol. The molecule has 0 aliphatic heterocycles. The molecule has 0 saturated heterocycles. The van der Waals surface area contributed by atoms with Gasteiger partial charge in [0.15, 0.2) is 6.10 Å². The van der Waals surface area contributed by atoms with Gasteiger partial charge in [-0.15, -0.1) is 0 Å². The predicted octanol–water partition coefficient (Wildman–Crippen LogP) is 14.7. The van der Waals surface area contributed by atoms with E-state index in [0.29, 0.717) is 19.3 Å². The normalized spacial score (nSPS) is 14.8. The van der Waals surface area contributed by atoms with Crippen molar-refractivity contribution in [3.05, 3.63) is 36.5 Å². The number of phosphoric acid groups is 2. The summed E-state index contributed by atoms with van der Waals surface area (Å²) in [6.45, 7) is 2.57. The number of aliphatic hydroxyl groups is 2. The molecule has 0 spiro atoms. The molecule has 16 nitrogen and oxygen atoms in total. The van der Waals surface area contributed by atoms with Gasteiger partial charge in [0.25, 0.3) is 0 Å². The molecule has 75 heavy (non-hydrogen) atoms. The van der Waals surface area contributed by atoms with E-state index in [1.165, 1.54) is 89.9 Å². The number of hydrogen-bond donors (Lipinski definition) is 4. The monoisotopic (exact) mass is 1110 g/mol. The number of allylic oxidation sites excluding steroid dienone is 6. The van der Waals surface area contributed by atoms with Crippen molar-refractivity contribution in [2.45, 2.75) is 270 Å². The van der Waals surface area contributed by atoms with E-state index in [0.717, 1.165) is 103 Å². The van der Waals surface area contributed by atoms with Crippen LogP contribution < -0.4 is 0 Å². The van der Waals surface area contributed by atoms with Crippen LogP contribution in [0, 0.1) is 0 Å². The fourth-order valence-electron chi connectivity index (χ4n) is 7.76. The van der Waals surface area contributed by atoms with Crippen LogP contribution >= 0.6 is 15.6 Å². The van der Waals surface area contributed by atoms with Crippen molar-refractivity contribution in [3.63, 3.8) is 0 Å². The second kappa shape index (κ2) is 52.5. The molecule has 5 atom stereocenters. The van der Waals surface area contributed by atoms with E-state index in [4.69, 9.17) is 32.3 Å². The summed E-state index contributed by atoms with van der Waals surface area (Å²) in [5.41, 5.74) is 0. The van der Waals surface area contributed by atoms with Crippen LogP contribution in [0.15, 0.2) is 36.5 Å². The number of hydrogen-bond acceptors (Lipinski definition) is 14. The Morgan fingerprint density at radius 3 is 1.12 bits per heavy atom. The van der Waals surface area contributed by atoms with E-state index in [1.54, 1.807) is 0 Å². The zero-order chi connectivity index (χ0) is 55.4. The number of ether oxygens (including phenoxy) is 3. The molecule has 4 N–H and O–H groups in total. The van der Waals surface area contributed by atoms with Gasteiger partial charge in [-0.05, 0) is 70.6 Å². The molecule has 0 aromatic heterocycles. The lowest BCUT2D eigenvalue weighted by Gasteiger charge is -2.21. The third-order valence-corrected chi connectivity index (χ3v) is 14.2. The maximum atomic E-state index is 12.8. The number of phosphoric ester groups is 2. The highest BCUT2D eigenvalue weighted by molar-refractivity contribution is 7.47. The summed E-state index contributed by atoms with van der Waals surface area (Å²) < 4.78 is 60.5. The van der Waals surface area contributed by atoms with E-state index in [2.05, 4.69) is 57.2 Å². The Hall–Kier alpha value is -2.23. The van der Waals surface area contributed by atoms with Gasteiger partial charge in [0.2, 0.25) is 0 Å². The first-order chi connectivity index (χ1) is 36.2. The summed E-state index contributed by atoms with van der Waals surface area (Å²) >= 11 is 0. The second-order valence-electron chi connectivity index (χ2n) is 19.8. The molecule has 0 aromatic carbocycles. The summed E-state index contributed by atoms with van der Waals surface area (Å²) in [6.07, 6.45) is 45.1. The minimum absolute atomic E-state index is 0.0990. The van der Waals surface area contributed by atoms with Crippen LogP contribution in [0.2, 0.25) is 0 Å². The summed E-state index contributed by atoms with van der Waals surface area (Å²) in [6, 6.07) is 0. The van der Waals surface area contributed by atoms with Crippen LogP contribution in [0.1, 0.15) is 252 Å². The largest absolute Gasteiger partial charge is 0.472 e. The fraction of sp³-hybridized carbons (Fsp3) is 0.842. The van der Waals surface area contributed by atoms with Crippen LogP contribution in [0.4, 0.5) is 0 Å². The van der Waals surface area contributed by atoms with E-state index in [1.807, 2.05) is 0 Å². The van der Waals surface area contributed by atoms with E-state index >= 15 is 0 Å². The summed E-state index contributed by atoms with van der Waals surface area (Å²) in [7, 11) is -9.74. The molecule has 0 aliphatic rings. The molecule has 18 heteroatoms. The average Bonchev–Trinajstić information content (AvgIpc) is 3.38. The third-order valence-electron chi connectivity index (χ3n) is 12.3. The van der Waals surface area contributed by atoms with Crippen LogP contribution in [-0.4, -0.2) is 95.9 Å². The molecule has 440 valence electrons. The number of rotatable bonds is 56. The number of esters is 3. The number of carbonyl (C=O) groups is 3. The van der Waals surface area contributed by atoms with E-state index in [-0.39, 0.29) is 19.3 Å². The molecular weight excluding hydrogens is 1000 g/mol. The zero-order valence-corrected chi connectivity index (χ0v) is 48.8. The van der Waals surface area contributed by atoms with Gasteiger partial charge in [0.1, 0.15) is 25.4 Å². The Morgan fingerprint density at radius 2 is 0.680 bits per heavy atom. The van der Waals surface area contributed by atoms with Crippen molar-refractivity contribution in [1.82, 2.24) is 0 Å². The molecule has 5 unspecified atom stereocenters. The zero-order valence-electron chi connectivity index (χ0n) is 47.0. The Labute approximate surface area is 454 Å². The molecule has 0 amide bonds. The minimum Gasteiger partial charge on any atom is -0.463 e. The van der Waals surface area contributed by atoms with Crippen molar-refractivity contribution in [2.75, 3.05) is 39.6 Å². The summed E-state index contributed by atoms with van der Waals surface area (Å²) in [5, 5.41) is 20.4. The van der Waals surface area contributed by atoms with E-state index < -0.39 is 91.5 Å². The van der Waals surface area contributed by atoms with Gasteiger partial charge in [-0.25, -0.2) is 9.13 Å². The molecular formula is C57H106O16P2. The molecule has 0 fully saturated rings. The smallest absolute Gasteiger partial charge is 0.463 e. The average molecular weight is 1110 g/mol. The van der Waals surface area contributed by atoms with Gasteiger partial charge in [0.05, 0.1) is 26.4 Å². The lowest BCUT2D eigenvalue weighted by molar-refractivity contribution is -0.161. The van der Waals surface area contributed by atoms with Crippen molar-refractivity contribution in [1.29, 1.82) is 0 Å². The number of carbonyl (C=O) groups excluding carboxylic acids is 3. The lowest BCUT2D eigenvalue weighted by atomic mass is 10.0. The van der Waals surface area contributed by atoms with Crippen molar-refractivity contribution in [3.8, 4) is 0 Å². The number of unbranched alkanes of at least 4 members (excludes halogenated alkanes) is 27. The molecule has 0 radical (unpaired) electrons. The summed E-state index contributed by atoms with van der Waals surface area (Å²) in [5.74, 6) is -1.59. The first kappa shape index (κ1) is 72.8. The second-order valence-corrected chi connectivity index (χ2v) is 22.7. The van der Waals surface area contributed by atoms with Gasteiger partial charge in [0, 0.05) is 19.3 Å². The number of aliphatic hydroxyl groups excluding tert-OH is 2. The van der Waals surface area contributed by atoms with Crippen molar-refractivity contribution < 1.29 is 75.8 Å². The quantitative estimate of drug-likeness (QED) is 0.0146. The molecule has 0 heterocycles. The highest BCUT2D eigenvalue weighted by atomic mass is 31.2. The topological polar surface area (TPSA) is 231 Å². The van der Waals surface area contributed by atoms with Gasteiger partial charge in [-0.1, -0.05) is 198 Å². The van der Waals surface area contributed by atoms with Crippen molar-refractivity contribution in [2.24, 2.45) is 0 Å². The Morgan fingerprint density at radius 1 is 0.373 bits per heavy atom.